The predicted octanol–water partition coefficient (Wildman–Crippen LogP) is 6.10. The van der Waals surface area contributed by atoms with Crippen molar-refractivity contribution in [3.63, 3.8) is 0 Å². The second kappa shape index (κ2) is 27.4. The summed E-state index contributed by atoms with van der Waals surface area (Å²) in [6.45, 7) is 5.11. The Bertz CT molecular complexity index is 310. The molecule has 0 aliphatic heterocycles. The summed E-state index contributed by atoms with van der Waals surface area (Å²) >= 11 is 0. The molecule has 176 valence electrons. The van der Waals surface area contributed by atoms with E-state index in [2.05, 4.69) is 13.8 Å². The maximum Gasteiger partial charge on any atom is 0.303 e. The van der Waals surface area contributed by atoms with Crippen molar-refractivity contribution in [3.8, 4) is 0 Å². The quantitative estimate of drug-likeness (QED) is 0.196. The van der Waals surface area contributed by atoms with Gasteiger partial charge >= 0.3 is 5.97 Å². The number of carbonyl (C=O) groups is 1. The van der Waals surface area contributed by atoms with Gasteiger partial charge in [0.2, 0.25) is 0 Å². The highest BCUT2D eigenvalue weighted by Gasteiger charge is 2.00. The summed E-state index contributed by atoms with van der Waals surface area (Å²) in [4.78, 5) is 10.3. The number of rotatable bonds is 21. The molecule has 1 unspecified atom stereocenters. The molecule has 0 heterocycles. The van der Waals surface area contributed by atoms with Gasteiger partial charge in [-0.05, 0) is 12.8 Å². The zero-order chi connectivity index (χ0) is 22.0. The first-order valence-electron chi connectivity index (χ1n) is 12.2. The molecule has 29 heavy (non-hydrogen) atoms. The van der Waals surface area contributed by atoms with Gasteiger partial charge < -0.3 is 20.1 Å². The topological polar surface area (TPSA) is 87.0 Å². The number of unbranched alkanes of at least 4 members (excludes halogenated alkanes) is 14. The lowest BCUT2D eigenvalue weighted by atomic mass is 10.0. The summed E-state index contributed by atoms with van der Waals surface area (Å²) in [5.74, 6) is -0.655. The van der Waals surface area contributed by atoms with Gasteiger partial charge in [-0.25, -0.2) is 0 Å². The molecule has 0 aromatic rings. The van der Waals surface area contributed by atoms with E-state index in [4.69, 9.17) is 20.1 Å². The van der Waals surface area contributed by atoms with Crippen LogP contribution in [-0.4, -0.2) is 47.2 Å². The number of ether oxygens (including phenoxy) is 1. The Labute approximate surface area is 180 Å². The van der Waals surface area contributed by atoms with E-state index in [1.807, 2.05) is 0 Å². The number of aliphatic hydroxyl groups excluding tert-OH is 2. The van der Waals surface area contributed by atoms with E-state index in [0.717, 1.165) is 25.7 Å². The summed E-state index contributed by atoms with van der Waals surface area (Å²) in [6, 6.07) is 0. The van der Waals surface area contributed by atoms with Crippen molar-refractivity contribution in [2.45, 2.75) is 129 Å². The van der Waals surface area contributed by atoms with Crippen molar-refractivity contribution in [1.82, 2.24) is 0 Å². The van der Waals surface area contributed by atoms with Crippen LogP contribution in [0.5, 0.6) is 0 Å². The Morgan fingerprint density at radius 2 is 1.14 bits per heavy atom. The lowest BCUT2D eigenvalue weighted by Crippen LogP contribution is -2.19. The minimum atomic E-state index is -0.711. The smallest absolute Gasteiger partial charge is 0.303 e. The number of carboxylic acid groups (broad SMARTS) is 1. The van der Waals surface area contributed by atoms with Crippen molar-refractivity contribution < 1.29 is 24.9 Å². The number of aliphatic hydroxyl groups is 2. The molecule has 0 saturated heterocycles. The molecule has 0 radical (unpaired) electrons. The second-order valence-corrected chi connectivity index (χ2v) is 8.00. The van der Waals surface area contributed by atoms with E-state index >= 15 is 0 Å². The number of hydrogen-bond donors (Lipinski definition) is 3. The summed E-state index contributed by atoms with van der Waals surface area (Å²) in [5, 5.41) is 25.7. The van der Waals surface area contributed by atoms with Gasteiger partial charge in [0, 0.05) is 13.0 Å². The lowest BCUT2D eigenvalue weighted by molar-refractivity contribution is -0.137. The highest BCUT2D eigenvalue weighted by molar-refractivity contribution is 5.66. The normalized spacial score (nSPS) is 11.7. The van der Waals surface area contributed by atoms with E-state index in [1.54, 1.807) is 0 Å². The van der Waals surface area contributed by atoms with Gasteiger partial charge in [0.05, 0.1) is 13.2 Å². The van der Waals surface area contributed by atoms with Crippen molar-refractivity contribution in [2.24, 2.45) is 0 Å². The van der Waals surface area contributed by atoms with Crippen molar-refractivity contribution in [1.29, 1.82) is 0 Å². The van der Waals surface area contributed by atoms with E-state index in [0.29, 0.717) is 13.0 Å². The fourth-order valence-electron chi connectivity index (χ4n) is 3.02. The molecule has 1 atom stereocenters. The fourth-order valence-corrected chi connectivity index (χ4v) is 3.02. The highest BCUT2D eigenvalue weighted by atomic mass is 16.5. The molecule has 0 saturated carbocycles. The Morgan fingerprint density at radius 3 is 1.55 bits per heavy atom. The Balaban J connectivity index is 0. The van der Waals surface area contributed by atoms with Gasteiger partial charge in [-0.1, -0.05) is 104 Å². The molecule has 0 aromatic heterocycles. The molecule has 0 aromatic carbocycles. The average molecular weight is 419 g/mol. The van der Waals surface area contributed by atoms with Crippen molar-refractivity contribution >= 4 is 5.97 Å². The fraction of sp³-hybridized carbons (Fsp3) is 0.958. The van der Waals surface area contributed by atoms with Crippen LogP contribution in [0.2, 0.25) is 0 Å². The van der Waals surface area contributed by atoms with E-state index in [1.165, 1.54) is 77.0 Å². The van der Waals surface area contributed by atoms with Crippen molar-refractivity contribution in [2.75, 3.05) is 19.8 Å². The van der Waals surface area contributed by atoms with Crippen LogP contribution in [0.15, 0.2) is 0 Å². The largest absolute Gasteiger partial charge is 0.481 e. The van der Waals surface area contributed by atoms with E-state index in [9.17, 15) is 4.79 Å². The maximum absolute atomic E-state index is 10.3. The van der Waals surface area contributed by atoms with Crippen LogP contribution in [0.3, 0.4) is 0 Å². The molecule has 0 amide bonds. The third kappa shape index (κ3) is 32.2. The SMILES string of the molecule is CCCCCCCCCCCCCCCC(=O)O.CCCCCOCC(O)CO. The Morgan fingerprint density at radius 1 is 0.724 bits per heavy atom. The minimum Gasteiger partial charge on any atom is -0.481 e. The van der Waals surface area contributed by atoms with Crippen LogP contribution in [0, 0.1) is 0 Å². The van der Waals surface area contributed by atoms with Gasteiger partial charge in [-0.3, -0.25) is 4.79 Å². The number of aliphatic carboxylic acids is 1. The minimum absolute atomic E-state index is 0.215. The molecule has 0 fully saturated rings. The molecular weight excluding hydrogens is 368 g/mol. The number of carboxylic acids is 1. The third-order valence-electron chi connectivity index (χ3n) is 4.91. The average Bonchev–Trinajstić information content (AvgIpc) is 2.71. The molecule has 5 nitrogen and oxygen atoms in total. The van der Waals surface area contributed by atoms with E-state index in [-0.39, 0.29) is 13.2 Å². The van der Waals surface area contributed by atoms with Gasteiger partial charge in [0.25, 0.3) is 0 Å². The standard InChI is InChI=1S/C16H32O2.C8H18O3/c1-2-3-4-5-6-7-8-9-10-11-12-13-14-15-16(17)18;1-2-3-4-5-11-7-8(10)6-9/h2-15H2,1H3,(H,17,18);8-10H,2-7H2,1H3. The summed E-state index contributed by atoms with van der Waals surface area (Å²) in [7, 11) is 0. The van der Waals surface area contributed by atoms with E-state index < -0.39 is 12.1 Å². The number of hydrogen-bond acceptors (Lipinski definition) is 4. The van der Waals surface area contributed by atoms with Crippen molar-refractivity contribution in [3.05, 3.63) is 0 Å². The molecule has 0 aliphatic rings. The zero-order valence-electron chi connectivity index (χ0n) is 19.4. The molecule has 0 bridgehead atoms. The summed E-state index contributed by atoms with van der Waals surface area (Å²) in [5.41, 5.74) is 0. The van der Waals surface area contributed by atoms with Gasteiger partial charge in [0.15, 0.2) is 0 Å². The Hall–Kier alpha value is -0.650. The Kier molecular flexibility index (Phi) is 28.8. The summed E-state index contributed by atoms with van der Waals surface area (Å²) in [6.07, 6.45) is 19.9. The lowest BCUT2D eigenvalue weighted by Gasteiger charge is -2.07. The third-order valence-corrected chi connectivity index (χ3v) is 4.91. The maximum atomic E-state index is 10.3. The molecule has 3 N–H and O–H groups in total. The monoisotopic (exact) mass is 418 g/mol. The second-order valence-electron chi connectivity index (χ2n) is 8.00. The summed E-state index contributed by atoms with van der Waals surface area (Å²) < 4.78 is 5.08. The zero-order valence-corrected chi connectivity index (χ0v) is 19.4. The van der Waals surface area contributed by atoms with Crippen LogP contribution in [0.1, 0.15) is 123 Å². The molecular formula is C24H50O5. The molecule has 5 heteroatoms. The first-order chi connectivity index (χ1) is 14.1. The highest BCUT2D eigenvalue weighted by Crippen LogP contribution is 2.12. The predicted molar refractivity (Wildman–Crippen MR) is 121 cm³/mol. The molecule has 0 rings (SSSR count). The molecule has 0 aliphatic carbocycles. The van der Waals surface area contributed by atoms with Crippen LogP contribution < -0.4 is 0 Å². The van der Waals surface area contributed by atoms with Gasteiger partial charge in [-0.2, -0.15) is 0 Å². The van der Waals surface area contributed by atoms with Gasteiger partial charge in [-0.15, -0.1) is 0 Å². The first kappa shape index (κ1) is 30.5. The first-order valence-corrected chi connectivity index (χ1v) is 12.2. The van der Waals surface area contributed by atoms with Crippen LogP contribution in [0.25, 0.3) is 0 Å². The molecule has 0 spiro atoms. The van der Waals surface area contributed by atoms with Crippen LogP contribution in [0.4, 0.5) is 0 Å². The van der Waals surface area contributed by atoms with Gasteiger partial charge in [0.1, 0.15) is 6.10 Å². The van der Waals surface area contributed by atoms with Crippen LogP contribution in [-0.2, 0) is 9.53 Å². The van der Waals surface area contributed by atoms with Crippen LogP contribution >= 0.6 is 0 Å².